The van der Waals surface area contributed by atoms with Crippen molar-refractivity contribution in [1.82, 2.24) is 5.32 Å². The molecule has 1 aromatic rings. The Balaban J connectivity index is 2.85. The van der Waals surface area contributed by atoms with Crippen molar-refractivity contribution < 1.29 is 19.2 Å². The van der Waals surface area contributed by atoms with Crippen molar-refractivity contribution in [3.8, 4) is 5.75 Å². The molecule has 0 bridgehead atoms. The molecule has 0 heterocycles. The lowest BCUT2D eigenvalue weighted by atomic mass is 10.2. The molecule has 0 radical (unpaired) electrons. The van der Waals surface area contributed by atoms with E-state index >= 15 is 0 Å². The molecule has 0 fully saturated rings. The normalized spacial score (nSPS) is 11.9. The molecule has 0 aromatic heterocycles. The van der Waals surface area contributed by atoms with Crippen molar-refractivity contribution >= 4 is 11.6 Å². The van der Waals surface area contributed by atoms with Gasteiger partial charge in [0.2, 0.25) is 0 Å². The van der Waals surface area contributed by atoms with Gasteiger partial charge in [-0.3, -0.25) is 14.9 Å². The highest BCUT2D eigenvalue weighted by Gasteiger charge is 2.20. The van der Waals surface area contributed by atoms with Crippen LogP contribution in [0.25, 0.3) is 0 Å². The molecule has 0 spiro atoms. The van der Waals surface area contributed by atoms with E-state index in [1.165, 1.54) is 19.1 Å². The van der Waals surface area contributed by atoms with Gasteiger partial charge in [-0.2, -0.15) is 0 Å². The van der Waals surface area contributed by atoms with E-state index in [-0.39, 0.29) is 11.4 Å². The van der Waals surface area contributed by atoms with E-state index in [2.05, 4.69) is 5.32 Å². The van der Waals surface area contributed by atoms with Crippen molar-refractivity contribution in [2.45, 2.75) is 19.6 Å². The molecular weight excluding hydrogens is 278 g/mol. The molecule has 3 N–H and O–H groups in total. The van der Waals surface area contributed by atoms with Crippen LogP contribution in [0.1, 0.15) is 12.5 Å². The third kappa shape index (κ3) is 5.36. The highest BCUT2D eigenvalue weighted by Crippen LogP contribution is 2.28. The average molecular weight is 297 g/mol. The molecule has 21 heavy (non-hydrogen) atoms. The van der Waals surface area contributed by atoms with Crippen LogP contribution in [-0.4, -0.2) is 37.2 Å². The number of rotatable bonds is 9. The molecular formula is C13H19N3O5. The Bertz CT molecular complexity index is 507. The van der Waals surface area contributed by atoms with Crippen LogP contribution in [0.5, 0.6) is 5.75 Å². The first-order chi connectivity index (χ1) is 9.95. The maximum absolute atomic E-state index is 11.0. The maximum atomic E-state index is 11.0. The first-order valence-electron chi connectivity index (χ1n) is 6.38. The highest BCUT2D eigenvalue weighted by atomic mass is 16.6. The second kappa shape index (κ2) is 8.18. The summed E-state index contributed by atoms with van der Waals surface area (Å²) < 4.78 is 10.2. The van der Waals surface area contributed by atoms with Crippen LogP contribution in [0.3, 0.4) is 0 Å². The Morgan fingerprint density at radius 1 is 1.52 bits per heavy atom. The summed E-state index contributed by atoms with van der Waals surface area (Å²) >= 11 is 0. The summed E-state index contributed by atoms with van der Waals surface area (Å²) in [5.41, 5.74) is 5.69. The molecule has 0 aliphatic carbocycles. The van der Waals surface area contributed by atoms with Crippen molar-refractivity contribution in [1.29, 1.82) is 0 Å². The van der Waals surface area contributed by atoms with E-state index in [1.54, 1.807) is 13.2 Å². The van der Waals surface area contributed by atoms with E-state index in [9.17, 15) is 14.9 Å². The van der Waals surface area contributed by atoms with Crippen LogP contribution in [0, 0.1) is 10.1 Å². The molecule has 116 valence electrons. The summed E-state index contributed by atoms with van der Waals surface area (Å²) in [6, 6.07) is 4.49. The van der Waals surface area contributed by atoms with Gasteiger partial charge in [0, 0.05) is 26.3 Å². The molecule has 0 aliphatic rings. The van der Waals surface area contributed by atoms with Gasteiger partial charge in [-0.1, -0.05) is 6.07 Å². The smallest absolute Gasteiger partial charge is 0.310 e. The molecule has 1 atom stereocenters. The number of carbonyl (C=O) groups is 1. The topological polar surface area (TPSA) is 117 Å². The lowest BCUT2D eigenvalue weighted by Crippen LogP contribution is -2.30. The van der Waals surface area contributed by atoms with Gasteiger partial charge in [-0.25, -0.2) is 0 Å². The standard InChI is InChI=1S/C13H19N3O5/c1-9(13(14)17)21-12-7-10(8-15-5-6-20-2)3-4-11(12)16(18)19/h3-4,7,9,15H,5-6,8H2,1-2H3,(H2,14,17). The predicted molar refractivity (Wildman–Crippen MR) is 76.0 cm³/mol. The summed E-state index contributed by atoms with van der Waals surface area (Å²) in [5.74, 6) is -0.662. The third-order valence-corrected chi connectivity index (χ3v) is 2.74. The number of methoxy groups -OCH3 is 1. The van der Waals surface area contributed by atoms with E-state index in [0.29, 0.717) is 19.7 Å². The third-order valence-electron chi connectivity index (χ3n) is 2.74. The minimum Gasteiger partial charge on any atom is -0.474 e. The zero-order chi connectivity index (χ0) is 15.8. The molecule has 0 aliphatic heterocycles. The van der Waals surface area contributed by atoms with Gasteiger partial charge in [0.1, 0.15) is 0 Å². The van der Waals surface area contributed by atoms with Gasteiger partial charge in [-0.15, -0.1) is 0 Å². The quantitative estimate of drug-likeness (QED) is 0.391. The number of hydrogen-bond acceptors (Lipinski definition) is 6. The lowest BCUT2D eigenvalue weighted by Gasteiger charge is -2.13. The summed E-state index contributed by atoms with van der Waals surface area (Å²) in [6.07, 6.45) is -0.944. The second-order valence-corrected chi connectivity index (χ2v) is 4.39. The first kappa shape index (κ1) is 16.9. The van der Waals surface area contributed by atoms with Crippen molar-refractivity contribution in [3.63, 3.8) is 0 Å². The van der Waals surface area contributed by atoms with E-state index in [1.807, 2.05) is 0 Å². The van der Waals surface area contributed by atoms with Gasteiger partial charge >= 0.3 is 5.69 Å². The van der Waals surface area contributed by atoms with Gasteiger partial charge < -0.3 is 20.5 Å². The van der Waals surface area contributed by atoms with Crippen LogP contribution in [0.2, 0.25) is 0 Å². The predicted octanol–water partition coefficient (Wildman–Crippen LogP) is 0.583. The molecule has 1 rings (SSSR count). The fourth-order valence-electron chi connectivity index (χ4n) is 1.57. The monoisotopic (exact) mass is 297 g/mol. The molecule has 0 saturated heterocycles. The zero-order valence-corrected chi connectivity index (χ0v) is 12.0. The van der Waals surface area contributed by atoms with Crippen LogP contribution >= 0.6 is 0 Å². The van der Waals surface area contributed by atoms with Crippen molar-refractivity contribution in [3.05, 3.63) is 33.9 Å². The highest BCUT2D eigenvalue weighted by molar-refractivity contribution is 5.78. The molecule has 8 nitrogen and oxygen atoms in total. The number of nitro groups is 1. The van der Waals surface area contributed by atoms with Crippen molar-refractivity contribution in [2.75, 3.05) is 20.3 Å². The number of amides is 1. The molecule has 0 saturated carbocycles. The number of benzene rings is 1. The average Bonchev–Trinajstić information content (AvgIpc) is 2.43. The van der Waals surface area contributed by atoms with Crippen LogP contribution in [-0.2, 0) is 16.1 Å². The number of nitrogens with one attached hydrogen (secondary N) is 1. The van der Waals surface area contributed by atoms with Crippen LogP contribution in [0.15, 0.2) is 18.2 Å². The number of carbonyl (C=O) groups excluding carboxylic acids is 1. The number of nitrogens with two attached hydrogens (primary N) is 1. The number of nitro benzene ring substituents is 1. The van der Waals surface area contributed by atoms with Gasteiger partial charge in [-0.05, 0) is 18.6 Å². The van der Waals surface area contributed by atoms with Crippen molar-refractivity contribution in [2.24, 2.45) is 5.73 Å². The Morgan fingerprint density at radius 2 is 2.24 bits per heavy atom. The number of nitrogens with zero attached hydrogens (tertiary/aromatic N) is 1. The van der Waals surface area contributed by atoms with E-state index in [0.717, 1.165) is 5.56 Å². The first-order valence-corrected chi connectivity index (χ1v) is 6.38. The van der Waals surface area contributed by atoms with Gasteiger partial charge in [0.05, 0.1) is 11.5 Å². The second-order valence-electron chi connectivity index (χ2n) is 4.39. The molecule has 1 amide bonds. The summed E-state index contributed by atoms with van der Waals surface area (Å²) in [4.78, 5) is 21.4. The van der Waals surface area contributed by atoms with E-state index < -0.39 is 16.9 Å². The Morgan fingerprint density at radius 3 is 2.81 bits per heavy atom. The minimum absolute atomic E-state index is 0.0253. The van der Waals surface area contributed by atoms with Gasteiger partial charge in [0.25, 0.3) is 5.91 Å². The zero-order valence-electron chi connectivity index (χ0n) is 12.0. The summed E-state index contributed by atoms with van der Waals surface area (Å²) in [7, 11) is 1.60. The fourth-order valence-corrected chi connectivity index (χ4v) is 1.57. The van der Waals surface area contributed by atoms with E-state index in [4.69, 9.17) is 15.2 Å². The molecule has 1 aromatic carbocycles. The number of ether oxygens (including phenoxy) is 2. The largest absolute Gasteiger partial charge is 0.474 e. The Labute approximate surface area is 122 Å². The molecule has 1 unspecified atom stereocenters. The Kier molecular flexibility index (Phi) is 6.57. The number of primary amides is 1. The Hall–Kier alpha value is -2.19. The van der Waals surface area contributed by atoms with Crippen LogP contribution in [0.4, 0.5) is 5.69 Å². The van der Waals surface area contributed by atoms with Crippen LogP contribution < -0.4 is 15.8 Å². The fraction of sp³-hybridized carbons (Fsp3) is 0.462. The SMILES string of the molecule is COCCNCc1ccc([N+](=O)[O-])c(OC(C)C(N)=O)c1. The summed E-state index contributed by atoms with van der Waals surface area (Å²) in [6.45, 7) is 3.16. The maximum Gasteiger partial charge on any atom is 0.310 e. The number of hydrogen-bond donors (Lipinski definition) is 2. The minimum atomic E-state index is -0.944. The molecule has 8 heteroatoms. The van der Waals surface area contributed by atoms with Gasteiger partial charge in [0.15, 0.2) is 11.9 Å². The lowest BCUT2D eigenvalue weighted by molar-refractivity contribution is -0.386. The summed E-state index contributed by atoms with van der Waals surface area (Å²) in [5, 5.41) is 14.1.